The van der Waals surface area contributed by atoms with Gasteiger partial charge in [0, 0.05) is 32.0 Å². The molecule has 1 N–H and O–H groups in total. The molecule has 4 nitrogen and oxygen atoms in total. The molecule has 4 heteroatoms. The third-order valence-corrected chi connectivity index (χ3v) is 4.74. The number of likely N-dealkylation sites (tertiary alicyclic amines) is 1. The lowest BCUT2D eigenvalue weighted by molar-refractivity contribution is -0.125. The van der Waals surface area contributed by atoms with Crippen LogP contribution >= 0.6 is 0 Å². The minimum atomic E-state index is -0.0683. The van der Waals surface area contributed by atoms with Crippen molar-refractivity contribution in [2.45, 2.75) is 25.8 Å². The van der Waals surface area contributed by atoms with E-state index >= 15 is 0 Å². The van der Waals surface area contributed by atoms with Gasteiger partial charge in [-0.05, 0) is 24.1 Å². The molecule has 2 aromatic rings. The number of carbonyl (C=O) groups is 2. The lowest BCUT2D eigenvalue weighted by Gasteiger charge is -2.19. The molecule has 2 atom stereocenters. The van der Waals surface area contributed by atoms with E-state index in [1.54, 1.807) is 6.08 Å². The molecule has 1 aliphatic heterocycles. The Labute approximate surface area is 154 Å². The summed E-state index contributed by atoms with van der Waals surface area (Å²) in [5, 5.41) is 3.01. The minimum Gasteiger partial charge on any atom is -0.351 e. The Balaban J connectivity index is 1.74. The summed E-state index contributed by atoms with van der Waals surface area (Å²) in [6.07, 6.45) is 3.44. The first-order valence-electron chi connectivity index (χ1n) is 8.88. The number of carbonyl (C=O) groups excluding carboxylic acids is 2. The lowest BCUT2D eigenvalue weighted by atomic mass is 9.93. The van der Waals surface area contributed by atoms with Crippen molar-refractivity contribution in [3.63, 3.8) is 0 Å². The highest BCUT2D eigenvalue weighted by Crippen LogP contribution is 2.28. The molecule has 1 heterocycles. The molecular weight excluding hydrogens is 324 g/mol. The van der Waals surface area contributed by atoms with Crippen LogP contribution in [-0.2, 0) is 9.59 Å². The van der Waals surface area contributed by atoms with Gasteiger partial charge in [-0.15, -0.1) is 0 Å². The van der Waals surface area contributed by atoms with Gasteiger partial charge in [-0.3, -0.25) is 9.59 Å². The number of amides is 2. The van der Waals surface area contributed by atoms with E-state index in [9.17, 15) is 9.59 Å². The summed E-state index contributed by atoms with van der Waals surface area (Å²) in [5.74, 6) is 0.00799. The van der Waals surface area contributed by atoms with Crippen LogP contribution < -0.4 is 5.32 Å². The van der Waals surface area contributed by atoms with Crippen molar-refractivity contribution >= 4 is 17.9 Å². The van der Waals surface area contributed by atoms with Gasteiger partial charge in [0.25, 0.3) is 0 Å². The Morgan fingerprint density at radius 2 is 1.73 bits per heavy atom. The standard InChI is InChI=1S/C22H24N2O2/c1-16-8-11-19(12-9-16)20-14-24(15-21(20)23-17(2)25)22(26)13-10-18-6-4-3-5-7-18/h3-13,20-21H,14-15H2,1-2H3,(H,23,25)/t20-,21+/m0/s1. The molecular formula is C22H24N2O2. The van der Waals surface area contributed by atoms with E-state index in [0.717, 1.165) is 11.1 Å². The van der Waals surface area contributed by atoms with Crippen molar-refractivity contribution in [3.05, 3.63) is 77.4 Å². The summed E-state index contributed by atoms with van der Waals surface area (Å²) in [5.41, 5.74) is 3.34. The van der Waals surface area contributed by atoms with Gasteiger partial charge in [0.15, 0.2) is 0 Å². The first-order chi connectivity index (χ1) is 12.5. The maximum Gasteiger partial charge on any atom is 0.246 e. The molecule has 0 saturated carbocycles. The van der Waals surface area contributed by atoms with Crippen LogP contribution in [0.15, 0.2) is 60.7 Å². The molecule has 0 unspecified atom stereocenters. The van der Waals surface area contributed by atoms with Crippen LogP contribution in [0.4, 0.5) is 0 Å². The largest absolute Gasteiger partial charge is 0.351 e. The van der Waals surface area contributed by atoms with Gasteiger partial charge in [0.05, 0.1) is 6.04 Å². The van der Waals surface area contributed by atoms with E-state index in [4.69, 9.17) is 0 Å². The van der Waals surface area contributed by atoms with Crippen LogP contribution in [0.1, 0.15) is 29.5 Å². The van der Waals surface area contributed by atoms with Gasteiger partial charge in [0.1, 0.15) is 0 Å². The van der Waals surface area contributed by atoms with Gasteiger partial charge in [0.2, 0.25) is 11.8 Å². The molecule has 0 bridgehead atoms. The number of rotatable bonds is 4. The topological polar surface area (TPSA) is 49.4 Å². The fraction of sp³-hybridized carbons (Fsp3) is 0.273. The van der Waals surface area contributed by atoms with Crippen LogP contribution in [-0.4, -0.2) is 35.8 Å². The second kappa shape index (κ2) is 8.00. The van der Waals surface area contributed by atoms with Crippen LogP contribution in [0.2, 0.25) is 0 Å². The number of nitrogens with zero attached hydrogens (tertiary/aromatic N) is 1. The molecule has 1 saturated heterocycles. The molecule has 134 valence electrons. The van der Waals surface area contributed by atoms with Gasteiger partial charge in [-0.2, -0.15) is 0 Å². The number of aryl methyl sites for hydroxylation is 1. The Morgan fingerprint density at radius 1 is 1.04 bits per heavy atom. The van der Waals surface area contributed by atoms with Gasteiger partial charge in [-0.1, -0.05) is 60.2 Å². The van der Waals surface area contributed by atoms with E-state index < -0.39 is 0 Å². The summed E-state index contributed by atoms with van der Waals surface area (Å²) < 4.78 is 0. The molecule has 0 aromatic heterocycles. The monoisotopic (exact) mass is 348 g/mol. The second-order valence-corrected chi connectivity index (χ2v) is 6.81. The Kier molecular flexibility index (Phi) is 5.52. The predicted molar refractivity (Wildman–Crippen MR) is 104 cm³/mol. The van der Waals surface area contributed by atoms with E-state index in [-0.39, 0.29) is 23.8 Å². The van der Waals surface area contributed by atoms with Crippen LogP contribution in [0, 0.1) is 6.92 Å². The SMILES string of the molecule is CC(=O)N[C@@H]1CN(C(=O)C=Cc2ccccc2)C[C@H]1c1ccc(C)cc1. The highest BCUT2D eigenvalue weighted by molar-refractivity contribution is 5.92. The Morgan fingerprint density at radius 3 is 2.38 bits per heavy atom. The average Bonchev–Trinajstić information content (AvgIpc) is 3.04. The summed E-state index contributed by atoms with van der Waals surface area (Å²) in [6, 6.07) is 18.0. The van der Waals surface area contributed by atoms with Crippen molar-refractivity contribution in [1.29, 1.82) is 0 Å². The van der Waals surface area contributed by atoms with Crippen molar-refractivity contribution < 1.29 is 9.59 Å². The zero-order valence-electron chi connectivity index (χ0n) is 15.2. The molecule has 2 aromatic carbocycles. The van der Waals surface area contributed by atoms with E-state index in [0.29, 0.717) is 13.1 Å². The van der Waals surface area contributed by atoms with Gasteiger partial charge >= 0.3 is 0 Å². The third kappa shape index (κ3) is 4.39. The maximum absolute atomic E-state index is 12.6. The summed E-state index contributed by atoms with van der Waals surface area (Å²) >= 11 is 0. The number of hydrogen-bond donors (Lipinski definition) is 1. The maximum atomic E-state index is 12.6. The van der Waals surface area contributed by atoms with Crippen molar-refractivity contribution in [1.82, 2.24) is 10.2 Å². The minimum absolute atomic E-state index is 0.0289. The highest BCUT2D eigenvalue weighted by atomic mass is 16.2. The second-order valence-electron chi connectivity index (χ2n) is 6.81. The van der Waals surface area contributed by atoms with Crippen LogP contribution in [0.5, 0.6) is 0 Å². The summed E-state index contributed by atoms with van der Waals surface area (Å²) in [4.78, 5) is 26.0. The zero-order valence-corrected chi connectivity index (χ0v) is 15.2. The Hall–Kier alpha value is -2.88. The summed E-state index contributed by atoms with van der Waals surface area (Å²) in [7, 11) is 0. The lowest BCUT2D eigenvalue weighted by Crippen LogP contribution is -2.39. The quantitative estimate of drug-likeness (QED) is 0.863. The van der Waals surface area contributed by atoms with E-state index in [1.165, 1.54) is 12.5 Å². The molecule has 26 heavy (non-hydrogen) atoms. The predicted octanol–water partition coefficient (Wildman–Crippen LogP) is 3.14. The number of benzene rings is 2. The fourth-order valence-electron chi connectivity index (χ4n) is 3.38. The molecule has 1 aliphatic rings. The van der Waals surface area contributed by atoms with E-state index in [2.05, 4.69) is 29.6 Å². The molecule has 3 rings (SSSR count). The van der Waals surface area contributed by atoms with Crippen LogP contribution in [0.25, 0.3) is 6.08 Å². The third-order valence-electron chi connectivity index (χ3n) is 4.74. The van der Waals surface area contributed by atoms with Gasteiger partial charge < -0.3 is 10.2 Å². The van der Waals surface area contributed by atoms with Crippen molar-refractivity contribution in [3.8, 4) is 0 Å². The summed E-state index contributed by atoms with van der Waals surface area (Å²) in [6.45, 7) is 4.70. The molecule has 0 aliphatic carbocycles. The fourth-order valence-corrected chi connectivity index (χ4v) is 3.38. The van der Waals surface area contributed by atoms with Crippen molar-refractivity contribution in [2.75, 3.05) is 13.1 Å². The van der Waals surface area contributed by atoms with Crippen LogP contribution in [0.3, 0.4) is 0 Å². The Bertz CT molecular complexity index is 797. The normalized spacial score (nSPS) is 19.7. The molecule has 0 radical (unpaired) electrons. The first-order valence-corrected chi connectivity index (χ1v) is 8.88. The van der Waals surface area contributed by atoms with E-state index in [1.807, 2.05) is 48.2 Å². The smallest absolute Gasteiger partial charge is 0.246 e. The molecule has 1 fully saturated rings. The first kappa shape index (κ1) is 17.9. The molecule has 0 spiro atoms. The zero-order chi connectivity index (χ0) is 18.5. The van der Waals surface area contributed by atoms with Gasteiger partial charge in [-0.25, -0.2) is 0 Å². The van der Waals surface area contributed by atoms with Crippen molar-refractivity contribution in [2.24, 2.45) is 0 Å². The average molecular weight is 348 g/mol. The number of nitrogens with one attached hydrogen (secondary N) is 1. The molecule has 2 amide bonds. The highest BCUT2D eigenvalue weighted by Gasteiger charge is 2.35. The number of hydrogen-bond acceptors (Lipinski definition) is 2.